The van der Waals surface area contributed by atoms with E-state index < -0.39 is 10.0 Å². The lowest BCUT2D eigenvalue weighted by atomic mass is 9.86. The molecule has 1 saturated carbocycles. The summed E-state index contributed by atoms with van der Waals surface area (Å²) in [5.41, 5.74) is 2.44. The first-order valence-electron chi connectivity index (χ1n) is 10.1. The Morgan fingerprint density at radius 1 is 1.03 bits per heavy atom. The summed E-state index contributed by atoms with van der Waals surface area (Å²) in [5.74, 6) is 0.648. The second-order valence-corrected chi connectivity index (χ2v) is 9.94. The molecule has 2 aromatic carbocycles. The van der Waals surface area contributed by atoms with Crippen LogP contribution in [0.4, 0.5) is 5.69 Å². The van der Waals surface area contributed by atoms with E-state index in [1.54, 1.807) is 43.3 Å². The van der Waals surface area contributed by atoms with Gasteiger partial charge < -0.3 is 4.90 Å². The van der Waals surface area contributed by atoms with E-state index in [1.165, 1.54) is 0 Å². The number of hydrogen-bond acceptors (Lipinski definition) is 3. The maximum atomic E-state index is 13.0. The fourth-order valence-electron chi connectivity index (χ4n) is 3.92. The topological polar surface area (TPSA) is 66.5 Å². The van der Waals surface area contributed by atoms with Crippen molar-refractivity contribution in [1.82, 2.24) is 4.90 Å². The number of hydrogen-bond donors (Lipinski definition) is 1. The fourth-order valence-corrected chi connectivity index (χ4v) is 5.30. The molecule has 0 saturated heterocycles. The SMILES string of the molecule is Cc1ccc(C)c(S(=O)(=O)Nc2cccc(C(=O)N(C)C3CCC(C)CC3)c2)c1. The van der Waals surface area contributed by atoms with Crippen molar-refractivity contribution < 1.29 is 13.2 Å². The van der Waals surface area contributed by atoms with Crippen LogP contribution in [0.15, 0.2) is 47.4 Å². The first-order valence-corrected chi connectivity index (χ1v) is 11.6. The van der Waals surface area contributed by atoms with Gasteiger partial charge in [-0.15, -0.1) is 0 Å². The van der Waals surface area contributed by atoms with Crippen LogP contribution >= 0.6 is 0 Å². The summed E-state index contributed by atoms with van der Waals surface area (Å²) >= 11 is 0. The molecule has 5 nitrogen and oxygen atoms in total. The molecule has 0 unspecified atom stereocenters. The minimum Gasteiger partial charge on any atom is -0.339 e. The van der Waals surface area contributed by atoms with Crippen molar-refractivity contribution >= 4 is 21.6 Å². The Balaban J connectivity index is 1.78. The molecule has 3 rings (SSSR count). The molecule has 0 radical (unpaired) electrons. The molecular formula is C23H30N2O3S. The third-order valence-electron chi connectivity index (χ3n) is 5.85. The lowest BCUT2D eigenvalue weighted by molar-refractivity contribution is 0.0679. The van der Waals surface area contributed by atoms with Crippen molar-refractivity contribution in [2.75, 3.05) is 11.8 Å². The van der Waals surface area contributed by atoms with E-state index in [2.05, 4.69) is 11.6 Å². The molecule has 6 heteroatoms. The van der Waals surface area contributed by atoms with E-state index >= 15 is 0 Å². The van der Waals surface area contributed by atoms with Gasteiger partial charge in [0.1, 0.15) is 0 Å². The Bertz CT molecular complexity index is 993. The van der Waals surface area contributed by atoms with E-state index in [4.69, 9.17) is 0 Å². The Labute approximate surface area is 174 Å². The predicted molar refractivity (Wildman–Crippen MR) is 117 cm³/mol. The summed E-state index contributed by atoms with van der Waals surface area (Å²) in [6, 6.07) is 12.3. The van der Waals surface area contributed by atoms with Crippen molar-refractivity contribution in [3.05, 3.63) is 59.2 Å². The normalized spacial score (nSPS) is 19.6. The van der Waals surface area contributed by atoms with Crippen molar-refractivity contribution in [2.24, 2.45) is 5.92 Å². The number of rotatable bonds is 5. The van der Waals surface area contributed by atoms with Crippen LogP contribution in [0.3, 0.4) is 0 Å². The van der Waals surface area contributed by atoms with Gasteiger partial charge in [-0.2, -0.15) is 0 Å². The molecule has 29 heavy (non-hydrogen) atoms. The summed E-state index contributed by atoms with van der Waals surface area (Å²) in [6.45, 7) is 5.89. The molecule has 0 bridgehead atoms. The van der Waals surface area contributed by atoms with Crippen molar-refractivity contribution in [3.63, 3.8) is 0 Å². The highest BCUT2D eigenvalue weighted by molar-refractivity contribution is 7.92. The maximum absolute atomic E-state index is 13.0. The van der Waals surface area contributed by atoms with Gasteiger partial charge in [0.25, 0.3) is 15.9 Å². The number of carbonyl (C=O) groups excluding carboxylic acids is 1. The quantitative estimate of drug-likeness (QED) is 0.767. The van der Waals surface area contributed by atoms with Crippen LogP contribution in [0.1, 0.15) is 54.1 Å². The summed E-state index contributed by atoms with van der Waals surface area (Å²) in [5, 5.41) is 0. The minimum absolute atomic E-state index is 0.0719. The van der Waals surface area contributed by atoms with E-state index in [0.29, 0.717) is 16.8 Å². The molecule has 1 aliphatic rings. The van der Waals surface area contributed by atoms with Gasteiger partial charge in [0, 0.05) is 24.3 Å². The first-order chi connectivity index (χ1) is 13.7. The van der Waals surface area contributed by atoms with E-state index in [0.717, 1.165) is 37.2 Å². The van der Waals surface area contributed by atoms with Crippen LogP contribution in [0.5, 0.6) is 0 Å². The zero-order valence-corrected chi connectivity index (χ0v) is 18.4. The van der Waals surface area contributed by atoms with Crippen molar-refractivity contribution in [3.8, 4) is 0 Å². The number of carbonyl (C=O) groups is 1. The monoisotopic (exact) mass is 414 g/mol. The van der Waals surface area contributed by atoms with Gasteiger partial charge >= 0.3 is 0 Å². The first kappa shape index (κ1) is 21.4. The van der Waals surface area contributed by atoms with Gasteiger partial charge in [-0.3, -0.25) is 9.52 Å². The molecular weight excluding hydrogens is 384 g/mol. The average molecular weight is 415 g/mol. The molecule has 1 N–H and O–H groups in total. The molecule has 0 spiro atoms. The molecule has 2 aromatic rings. The molecule has 0 heterocycles. The number of anilines is 1. The van der Waals surface area contributed by atoms with Crippen molar-refractivity contribution in [2.45, 2.75) is 57.4 Å². The second kappa shape index (κ2) is 8.57. The van der Waals surface area contributed by atoms with E-state index in [-0.39, 0.29) is 16.8 Å². The fraction of sp³-hybridized carbons (Fsp3) is 0.435. The van der Waals surface area contributed by atoms with Gasteiger partial charge in [-0.05, 0) is 80.8 Å². The third-order valence-corrected chi connectivity index (χ3v) is 7.37. The molecule has 0 atom stereocenters. The van der Waals surface area contributed by atoms with Gasteiger partial charge in [-0.25, -0.2) is 8.42 Å². The largest absolute Gasteiger partial charge is 0.339 e. The number of sulfonamides is 1. The summed E-state index contributed by atoms with van der Waals surface area (Å²) < 4.78 is 28.3. The minimum atomic E-state index is -3.73. The summed E-state index contributed by atoms with van der Waals surface area (Å²) in [6.07, 6.45) is 4.31. The molecule has 1 fully saturated rings. The number of benzene rings is 2. The van der Waals surface area contributed by atoms with Gasteiger partial charge in [-0.1, -0.05) is 25.1 Å². The molecule has 1 amide bonds. The highest BCUT2D eigenvalue weighted by atomic mass is 32.2. The molecule has 156 valence electrons. The molecule has 0 aliphatic heterocycles. The Hall–Kier alpha value is -2.34. The third kappa shape index (κ3) is 4.99. The Kier molecular flexibility index (Phi) is 6.32. The van der Waals surface area contributed by atoms with Crippen LogP contribution in [0, 0.1) is 19.8 Å². The second-order valence-electron chi connectivity index (χ2n) is 8.29. The standard InChI is InChI=1S/C23H30N2O3S/c1-16-9-12-21(13-10-16)25(4)23(26)19-6-5-7-20(15-19)24-29(27,28)22-14-17(2)8-11-18(22)3/h5-8,11,14-16,21,24H,9-10,12-13H2,1-4H3. The van der Waals surface area contributed by atoms with Crippen LogP contribution in [-0.4, -0.2) is 32.3 Å². The number of aryl methyl sites for hydroxylation is 2. The number of amides is 1. The van der Waals surface area contributed by atoms with Crippen LogP contribution in [-0.2, 0) is 10.0 Å². The van der Waals surface area contributed by atoms with Crippen LogP contribution < -0.4 is 4.72 Å². The highest BCUT2D eigenvalue weighted by Crippen LogP contribution is 2.28. The van der Waals surface area contributed by atoms with E-state index in [9.17, 15) is 13.2 Å². The van der Waals surface area contributed by atoms with Gasteiger partial charge in [0.15, 0.2) is 0 Å². The summed E-state index contributed by atoms with van der Waals surface area (Å²) in [4.78, 5) is 15.0. The van der Waals surface area contributed by atoms with Crippen LogP contribution in [0.2, 0.25) is 0 Å². The lowest BCUT2D eigenvalue weighted by Gasteiger charge is -2.33. The van der Waals surface area contributed by atoms with Gasteiger partial charge in [0.05, 0.1) is 4.90 Å². The van der Waals surface area contributed by atoms with Crippen molar-refractivity contribution in [1.29, 1.82) is 0 Å². The van der Waals surface area contributed by atoms with E-state index in [1.807, 2.05) is 24.9 Å². The van der Waals surface area contributed by atoms with Crippen LogP contribution in [0.25, 0.3) is 0 Å². The van der Waals surface area contributed by atoms with Gasteiger partial charge in [0.2, 0.25) is 0 Å². The molecule has 1 aliphatic carbocycles. The molecule has 0 aromatic heterocycles. The Morgan fingerprint density at radius 2 is 1.72 bits per heavy atom. The maximum Gasteiger partial charge on any atom is 0.262 e. The smallest absolute Gasteiger partial charge is 0.262 e. The highest BCUT2D eigenvalue weighted by Gasteiger charge is 2.26. The number of nitrogens with zero attached hydrogens (tertiary/aromatic N) is 1. The zero-order valence-electron chi connectivity index (χ0n) is 17.6. The predicted octanol–water partition coefficient (Wildman–Crippen LogP) is 4.75. The zero-order chi connectivity index (χ0) is 21.2. The average Bonchev–Trinajstić information content (AvgIpc) is 2.69. The number of nitrogens with one attached hydrogen (secondary N) is 1. The Morgan fingerprint density at radius 3 is 2.41 bits per heavy atom. The lowest BCUT2D eigenvalue weighted by Crippen LogP contribution is -2.39. The summed E-state index contributed by atoms with van der Waals surface area (Å²) in [7, 11) is -1.89.